The summed E-state index contributed by atoms with van der Waals surface area (Å²) in [7, 11) is 1.59. The fourth-order valence-corrected chi connectivity index (χ4v) is 2.15. The zero-order chi connectivity index (χ0) is 15.9. The molecule has 120 valence electrons. The van der Waals surface area contributed by atoms with Gasteiger partial charge in [-0.25, -0.2) is 4.79 Å². The van der Waals surface area contributed by atoms with Crippen LogP contribution in [0.4, 0.5) is 0 Å². The van der Waals surface area contributed by atoms with E-state index in [0.717, 1.165) is 0 Å². The lowest BCUT2D eigenvalue weighted by Crippen LogP contribution is -2.52. The first-order valence-corrected chi connectivity index (χ1v) is 6.97. The Morgan fingerprint density at radius 3 is 2.68 bits per heavy atom. The quantitative estimate of drug-likeness (QED) is 0.776. The van der Waals surface area contributed by atoms with Crippen LogP contribution in [0.2, 0.25) is 0 Å². The first kappa shape index (κ1) is 16.3. The number of morpholine rings is 1. The van der Waals surface area contributed by atoms with Crippen molar-refractivity contribution in [2.45, 2.75) is 6.04 Å². The van der Waals surface area contributed by atoms with Crippen molar-refractivity contribution in [3.8, 4) is 5.75 Å². The predicted octanol–water partition coefficient (Wildman–Crippen LogP) is 0.637. The third-order valence-corrected chi connectivity index (χ3v) is 3.33. The highest BCUT2D eigenvalue weighted by Crippen LogP contribution is 2.16. The Morgan fingerprint density at radius 2 is 2.05 bits per heavy atom. The lowest BCUT2D eigenvalue weighted by molar-refractivity contribution is -0.147. The normalized spacial score (nSPS) is 18.0. The average molecular weight is 309 g/mol. The highest BCUT2D eigenvalue weighted by atomic mass is 16.5. The topological polar surface area (TPSA) is 85.3 Å². The van der Waals surface area contributed by atoms with Crippen molar-refractivity contribution in [1.29, 1.82) is 0 Å². The summed E-state index contributed by atoms with van der Waals surface area (Å²) >= 11 is 0. The molecule has 1 atom stereocenters. The summed E-state index contributed by atoms with van der Waals surface area (Å²) in [6, 6.07) is 5.66. The van der Waals surface area contributed by atoms with E-state index in [-0.39, 0.29) is 19.1 Å². The molecular formula is C15H19NO6. The zero-order valence-corrected chi connectivity index (χ0v) is 12.4. The largest absolute Gasteiger partial charge is 0.491 e. The minimum Gasteiger partial charge on any atom is -0.491 e. The van der Waals surface area contributed by atoms with E-state index >= 15 is 0 Å². The average Bonchev–Trinajstić information content (AvgIpc) is 2.55. The van der Waals surface area contributed by atoms with E-state index in [1.165, 1.54) is 4.90 Å². The van der Waals surface area contributed by atoms with Crippen molar-refractivity contribution < 1.29 is 28.9 Å². The fraction of sp³-hybridized carbons (Fsp3) is 0.467. The molecule has 1 aliphatic rings. The van der Waals surface area contributed by atoms with Crippen LogP contribution in [0.1, 0.15) is 10.4 Å². The number of carboxylic acid groups (broad SMARTS) is 1. The van der Waals surface area contributed by atoms with Crippen LogP contribution in [0.25, 0.3) is 0 Å². The molecule has 1 aliphatic heterocycles. The predicted molar refractivity (Wildman–Crippen MR) is 77.1 cm³/mol. The van der Waals surface area contributed by atoms with E-state index in [4.69, 9.17) is 19.3 Å². The van der Waals surface area contributed by atoms with Crippen LogP contribution in [0.5, 0.6) is 5.75 Å². The second-order valence-electron chi connectivity index (χ2n) is 4.79. The van der Waals surface area contributed by atoms with E-state index < -0.39 is 12.0 Å². The van der Waals surface area contributed by atoms with Crippen LogP contribution < -0.4 is 4.74 Å². The van der Waals surface area contributed by atoms with Gasteiger partial charge in [0.05, 0.1) is 19.8 Å². The van der Waals surface area contributed by atoms with Crippen molar-refractivity contribution in [2.75, 3.05) is 40.1 Å². The summed E-state index contributed by atoms with van der Waals surface area (Å²) in [6.45, 7) is 1.53. The third-order valence-electron chi connectivity index (χ3n) is 3.33. The van der Waals surface area contributed by atoms with Gasteiger partial charge >= 0.3 is 5.97 Å². The summed E-state index contributed by atoms with van der Waals surface area (Å²) in [5.41, 5.74) is 0.423. The van der Waals surface area contributed by atoms with Gasteiger partial charge in [-0.05, 0) is 24.3 Å². The third kappa shape index (κ3) is 3.96. The second-order valence-corrected chi connectivity index (χ2v) is 4.79. The molecule has 1 saturated heterocycles. The smallest absolute Gasteiger partial charge is 0.328 e. The minimum absolute atomic E-state index is 0.0132. The molecule has 1 aromatic carbocycles. The number of benzene rings is 1. The highest BCUT2D eigenvalue weighted by Gasteiger charge is 2.33. The zero-order valence-electron chi connectivity index (χ0n) is 12.4. The standard InChI is InChI=1S/C15H19NO6/c1-20-8-9-22-12-4-2-11(3-5-12)14(17)16-6-7-21-10-13(16)15(18)19/h2-5,13H,6-10H2,1H3,(H,18,19)/t13-/m1/s1. The van der Waals surface area contributed by atoms with Gasteiger partial charge in [0.15, 0.2) is 6.04 Å². The number of carboxylic acids is 1. The number of aliphatic carboxylic acids is 1. The molecule has 0 saturated carbocycles. The van der Waals surface area contributed by atoms with E-state index in [1.54, 1.807) is 31.4 Å². The Hall–Kier alpha value is -2.12. The van der Waals surface area contributed by atoms with Crippen LogP contribution in [0.3, 0.4) is 0 Å². The van der Waals surface area contributed by atoms with Crippen LogP contribution in [-0.4, -0.2) is 68.0 Å². The molecule has 0 unspecified atom stereocenters. The second kappa shape index (κ2) is 7.77. The fourth-order valence-electron chi connectivity index (χ4n) is 2.15. The first-order valence-electron chi connectivity index (χ1n) is 6.97. The van der Waals surface area contributed by atoms with Gasteiger partial charge in [0.2, 0.25) is 0 Å². The van der Waals surface area contributed by atoms with Crippen molar-refractivity contribution in [3.05, 3.63) is 29.8 Å². The van der Waals surface area contributed by atoms with Gasteiger partial charge in [-0.2, -0.15) is 0 Å². The lowest BCUT2D eigenvalue weighted by atomic mass is 10.1. The molecule has 0 aromatic heterocycles. The Morgan fingerprint density at radius 1 is 1.32 bits per heavy atom. The Balaban J connectivity index is 2.03. The van der Waals surface area contributed by atoms with Crippen molar-refractivity contribution >= 4 is 11.9 Å². The molecule has 1 fully saturated rings. The SMILES string of the molecule is COCCOc1ccc(C(=O)N2CCOC[C@@H]2C(=O)O)cc1. The maximum absolute atomic E-state index is 12.4. The van der Waals surface area contributed by atoms with Gasteiger partial charge < -0.3 is 24.2 Å². The van der Waals surface area contributed by atoms with E-state index in [2.05, 4.69) is 0 Å². The number of nitrogens with zero attached hydrogens (tertiary/aromatic N) is 1. The number of ether oxygens (including phenoxy) is 3. The summed E-state index contributed by atoms with van der Waals surface area (Å²) < 4.78 is 15.4. The Bertz CT molecular complexity index is 515. The number of carbonyl (C=O) groups is 2. The molecule has 0 spiro atoms. The molecule has 0 radical (unpaired) electrons. The monoisotopic (exact) mass is 309 g/mol. The summed E-state index contributed by atoms with van der Waals surface area (Å²) in [4.78, 5) is 25.0. The molecule has 22 heavy (non-hydrogen) atoms. The summed E-state index contributed by atoms with van der Waals surface area (Å²) in [5.74, 6) is -0.753. The molecule has 2 rings (SSSR count). The minimum atomic E-state index is -1.06. The maximum atomic E-state index is 12.4. The number of amides is 1. The molecular weight excluding hydrogens is 290 g/mol. The van der Waals surface area contributed by atoms with Gasteiger partial charge in [0.25, 0.3) is 5.91 Å². The summed E-state index contributed by atoms with van der Waals surface area (Å²) in [6.07, 6.45) is 0. The van der Waals surface area contributed by atoms with Crippen molar-refractivity contribution in [1.82, 2.24) is 4.90 Å². The van der Waals surface area contributed by atoms with Crippen molar-refractivity contribution in [2.24, 2.45) is 0 Å². The van der Waals surface area contributed by atoms with Crippen LogP contribution in [-0.2, 0) is 14.3 Å². The van der Waals surface area contributed by atoms with E-state index in [1.807, 2.05) is 0 Å². The Kier molecular flexibility index (Phi) is 5.74. The van der Waals surface area contributed by atoms with Gasteiger partial charge in [0.1, 0.15) is 12.4 Å². The number of hydrogen-bond acceptors (Lipinski definition) is 5. The van der Waals surface area contributed by atoms with E-state index in [0.29, 0.717) is 31.1 Å². The molecule has 7 heteroatoms. The van der Waals surface area contributed by atoms with Crippen LogP contribution in [0.15, 0.2) is 24.3 Å². The van der Waals surface area contributed by atoms with Crippen molar-refractivity contribution in [3.63, 3.8) is 0 Å². The van der Waals surface area contributed by atoms with Crippen LogP contribution in [0, 0.1) is 0 Å². The molecule has 1 amide bonds. The maximum Gasteiger partial charge on any atom is 0.328 e. The molecule has 0 bridgehead atoms. The van der Waals surface area contributed by atoms with E-state index in [9.17, 15) is 9.59 Å². The first-order chi connectivity index (χ1) is 10.6. The van der Waals surface area contributed by atoms with Gasteiger partial charge in [0, 0.05) is 19.2 Å². The van der Waals surface area contributed by atoms with Crippen LogP contribution >= 0.6 is 0 Å². The Labute approximate surface area is 128 Å². The highest BCUT2D eigenvalue weighted by molar-refractivity contribution is 5.96. The van der Waals surface area contributed by atoms with Gasteiger partial charge in [-0.15, -0.1) is 0 Å². The number of methoxy groups -OCH3 is 1. The summed E-state index contributed by atoms with van der Waals surface area (Å²) in [5, 5.41) is 9.16. The lowest BCUT2D eigenvalue weighted by Gasteiger charge is -2.32. The number of hydrogen-bond donors (Lipinski definition) is 1. The molecule has 1 N–H and O–H groups in total. The molecule has 7 nitrogen and oxygen atoms in total. The molecule has 1 aromatic rings. The molecule has 1 heterocycles. The van der Waals surface area contributed by atoms with Gasteiger partial charge in [-0.3, -0.25) is 4.79 Å². The number of rotatable bonds is 6. The van der Waals surface area contributed by atoms with Gasteiger partial charge in [-0.1, -0.05) is 0 Å². The number of carbonyl (C=O) groups excluding carboxylic acids is 1. The molecule has 0 aliphatic carbocycles.